The number of carbonyl (C=O) groups excluding carboxylic acids is 1. The zero-order chi connectivity index (χ0) is 13.8. The fourth-order valence-electron chi connectivity index (χ4n) is 2.08. The average molecular weight is 255 g/mol. The van der Waals surface area contributed by atoms with E-state index in [4.69, 9.17) is 5.26 Å². The van der Waals surface area contributed by atoms with E-state index < -0.39 is 5.92 Å². The smallest absolute Gasteiger partial charge is 0.237 e. The highest BCUT2D eigenvalue weighted by molar-refractivity contribution is 5.85. The molecule has 0 saturated heterocycles. The fraction of sp³-hybridized carbons (Fsp3) is 0.333. The summed E-state index contributed by atoms with van der Waals surface area (Å²) in [5.74, 6) is -0.777. The standard InChI is InChI=1S/C15H17N3O/c1-10(2)13(7-16)15(19)18-9-11-8-17-14-6-4-3-5-12(11)14/h3-6,8,10,13,17H,9H2,1-2H3,(H,18,19). The zero-order valence-electron chi connectivity index (χ0n) is 11.1. The van der Waals surface area contributed by atoms with Crippen molar-refractivity contribution < 1.29 is 4.79 Å². The first-order valence-corrected chi connectivity index (χ1v) is 6.35. The molecule has 0 aliphatic carbocycles. The molecule has 1 unspecified atom stereocenters. The number of hydrogen-bond donors (Lipinski definition) is 2. The van der Waals surface area contributed by atoms with Crippen LogP contribution in [0.3, 0.4) is 0 Å². The predicted molar refractivity (Wildman–Crippen MR) is 74.1 cm³/mol. The summed E-state index contributed by atoms with van der Waals surface area (Å²) in [7, 11) is 0. The molecular weight excluding hydrogens is 238 g/mol. The SMILES string of the molecule is CC(C)C(C#N)C(=O)NCc1c[nH]c2ccccc12. The summed E-state index contributed by atoms with van der Waals surface area (Å²) in [5, 5.41) is 12.9. The number of H-pyrrole nitrogens is 1. The first kappa shape index (κ1) is 13.2. The van der Waals surface area contributed by atoms with E-state index in [1.54, 1.807) is 0 Å². The van der Waals surface area contributed by atoms with Crippen LogP contribution in [-0.2, 0) is 11.3 Å². The molecule has 1 aromatic heterocycles. The zero-order valence-corrected chi connectivity index (χ0v) is 11.1. The number of nitriles is 1. The number of nitrogens with zero attached hydrogens (tertiary/aromatic N) is 1. The third-order valence-corrected chi connectivity index (χ3v) is 3.22. The van der Waals surface area contributed by atoms with E-state index in [9.17, 15) is 4.79 Å². The molecule has 1 heterocycles. The minimum absolute atomic E-state index is 0.0213. The lowest BCUT2D eigenvalue weighted by atomic mass is 9.96. The Hall–Kier alpha value is -2.28. The Morgan fingerprint density at radius 3 is 2.84 bits per heavy atom. The van der Waals surface area contributed by atoms with Crippen LogP contribution >= 0.6 is 0 Å². The Morgan fingerprint density at radius 2 is 2.16 bits per heavy atom. The van der Waals surface area contributed by atoms with E-state index in [0.29, 0.717) is 6.54 Å². The molecule has 1 atom stereocenters. The number of benzene rings is 1. The van der Waals surface area contributed by atoms with Gasteiger partial charge in [-0.1, -0.05) is 32.0 Å². The van der Waals surface area contributed by atoms with Crippen LogP contribution in [0.4, 0.5) is 0 Å². The minimum atomic E-state index is -0.592. The van der Waals surface area contributed by atoms with Crippen LogP contribution in [0.1, 0.15) is 19.4 Å². The molecule has 4 nitrogen and oxygen atoms in total. The molecule has 19 heavy (non-hydrogen) atoms. The Bertz CT molecular complexity index is 622. The van der Waals surface area contributed by atoms with Crippen molar-refractivity contribution in [1.82, 2.24) is 10.3 Å². The quantitative estimate of drug-likeness (QED) is 0.881. The van der Waals surface area contributed by atoms with Gasteiger partial charge in [0.2, 0.25) is 5.91 Å². The third-order valence-electron chi connectivity index (χ3n) is 3.22. The molecule has 0 radical (unpaired) electrons. The molecule has 0 spiro atoms. The van der Waals surface area contributed by atoms with Crippen molar-refractivity contribution in [2.75, 3.05) is 0 Å². The van der Waals surface area contributed by atoms with E-state index in [-0.39, 0.29) is 11.8 Å². The number of rotatable bonds is 4. The Labute approximate surface area is 112 Å². The first-order chi connectivity index (χ1) is 9.13. The molecule has 0 saturated carbocycles. The van der Waals surface area contributed by atoms with Crippen LogP contribution in [-0.4, -0.2) is 10.9 Å². The molecule has 2 aromatic rings. The van der Waals surface area contributed by atoms with Gasteiger partial charge in [0, 0.05) is 23.6 Å². The van der Waals surface area contributed by atoms with Crippen molar-refractivity contribution in [1.29, 1.82) is 5.26 Å². The summed E-state index contributed by atoms with van der Waals surface area (Å²) < 4.78 is 0. The number of fused-ring (bicyclic) bond motifs is 1. The van der Waals surface area contributed by atoms with Gasteiger partial charge < -0.3 is 10.3 Å². The van der Waals surface area contributed by atoms with E-state index in [1.165, 1.54) is 0 Å². The second-order valence-electron chi connectivity index (χ2n) is 4.93. The summed E-state index contributed by atoms with van der Waals surface area (Å²) in [6.07, 6.45) is 1.89. The number of amides is 1. The predicted octanol–water partition coefficient (Wildman–Crippen LogP) is 2.58. The fourth-order valence-corrected chi connectivity index (χ4v) is 2.08. The van der Waals surface area contributed by atoms with Gasteiger partial charge >= 0.3 is 0 Å². The van der Waals surface area contributed by atoms with E-state index in [2.05, 4.69) is 10.3 Å². The maximum absolute atomic E-state index is 11.9. The van der Waals surface area contributed by atoms with Crippen LogP contribution in [0.25, 0.3) is 10.9 Å². The highest BCUT2D eigenvalue weighted by Gasteiger charge is 2.21. The van der Waals surface area contributed by atoms with Crippen LogP contribution in [0.5, 0.6) is 0 Å². The maximum Gasteiger partial charge on any atom is 0.237 e. The highest BCUT2D eigenvalue weighted by atomic mass is 16.1. The van der Waals surface area contributed by atoms with Crippen LogP contribution in [0.2, 0.25) is 0 Å². The van der Waals surface area contributed by atoms with Gasteiger partial charge in [-0.25, -0.2) is 0 Å². The lowest BCUT2D eigenvalue weighted by molar-refractivity contribution is -0.124. The lowest BCUT2D eigenvalue weighted by Gasteiger charge is -2.12. The molecule has 0 fully saturated rings. The second-order valence-corrected chi connectivity index (χ2v) is 4.93. The summed E-state index contributed by atoms with van der Waals surface area (Å²) in [6.45, 7) is 4.19. The van der Waals surface area contributed by atoms with Gasteiger partial charge in [-0.15, -0.1) is 0 Å². The number of para-hydroxylation sites is 1. The minimum Gasteiger partial charge on any atom is -0.361 e. The molecule has 0 aliphatic heterocycles. The Kier molecular flexibility index (Phi) is 3.86. The van der Waals surface area contributed by atoms with Crippen LogP contribution in [0.15, 0.2) is 30.5 Å². The molecule has 1 aromatic carbocycles. The largest absolute Gasteiger partial charge is 0.361 e. The third kappa shape index (κ3) is 2.76. The number of carbonyl (C=O) groups is 1. The van der Waals surface area contributed by atoms with Gasteiger partial charge in [0.05, 0.1) is 6.07 Å². The first-order valence-electron chi connectivity index (χ1n) is 6.35. The van der Waals surface area contributed by atoms with E-state index >= 15 is 0 Å². The highest BCUT2D eigenvalue weighted by Crippen LogP contribution is 2.17. The molecule has 2 N–H and O–H groups in total. The normalized spacial score (nSPS) is 12.3. The van der Waals surface area contributed by atoms with Gasteiger partial charge in [-0.2, -0.15) is 5.26 Å². The molecule has 2 rings (SSSR count). The van der Waals surface area contributed by atoms with Gasteiger partial charge in [-0.05, 0) is 17.5 Å². The molecule has 0 bridgehead atoms. The molecule has 1 amide bonds. The maximum atomic E-state index is 11.9. The number of aromatic nitrogens is 1. The van der Waals surface area contributed by atoms with Crippen molar-refractivity contribution in [3.8, 4) is 6.07 Å². The molecule has 4 heteroatoms. The lowest BCUT2D eigenvalue weighted by Crippen LogP contribution is -2.32. The number of aromatic amines is 1. The monoisotopic (exact) mass is 255 g/mol. The van der Waals surface area contributed by atoms with Crippen molar-refractivity contribution in [2.24, 2.45) is 11.8 Å². The number of hydrogen-bond acceptors (Lipinski definition) is 2. The molecule has 0 aliphatic rings. The van der Waals surface area contributed by atoms with Crippen molar-refractivity contribution in [3.05, 3.63) is 36.0 Å². The summed E-state index contributed by atoms with van der Waals surface area (Å²) in [4.78, 5) is 15.1. The van der Waals surface area contributed by atoms with E-state index in [1.807, 2.05) is 50.4 Å². The van der Waals surface area contributed by atoms with Crippen LogP contribution < -0.4 is 5.32 Å². The van der Waals surface area contributed by atoms with Crippen LogP contribution in [0, 0.1) is 23.2 Å². The summed E-state index contributed by atoms with van der Waals surface area (Å²) >= 11 is 0. The van der Waals surface area contributed by atoms with Gasteiger partial charge in [0.25, 0.3) is 0 Å². The summed E-state index contributed by atoms with van der Waals surface area (Å²) in [6, 6.07) is 9.98. The second kappa shape index (κ2) is 5.57. The van der Waals surface area contributed by atoms with Crippen molar-refractivity contribution >= 4 is 16.8 Å². The Morgan fingerprint density at radius 1 is 1.42 bits per heavy atom. The van der Waals surface area contributed by atoms with Gasteiger partial charge in [0.1, 0.15) is 5.92 Å². The van der Waals surface area contributed by atoms with E-state index in [0.717, 1.165) is 16.5 Å². The number of nitrogens with one attached hydrogen (secondary N) is 2. The molecular formula is C15H17N3O. The van der Waals surface area contributed by atoms with Gasteiger partial charge in [-0.3, -0.25) is 4.79 Å². The van der Waals surface area contributed by atoms with Crippen molar-refractivity contribution in [3.63, 3.8) is 0 Å². The summed E-state index contributed by atoms with van der Waals surface area (Å²) in [5.41, 5.74) is 2.08. The average Bonchev–Trinajstić information content (AvgIpc) is 2.80. The molecule has 98 valence electrons. The van der Waals surface area contributed by atoms with Crippen molar-refractivity contribution in [2.45, 2.75) is 20.4 Å². The topological polar surface area (TPSA) is 68.7 Å². The Balaban J connectivity index is 2.07. The van der Waals surface area contributed by atoms with Gasteiger partial charge in [0.15, 0.2) is 0 Å².